The lowest BCUT2D eigenvalue weighted by atomic mass is 9.81. The maximum Gasteiger partial charge on any atom is 0.237 e. The maximum atomic E-state index is 12.1. The normalized spacial score (nSPS) is 32.9. The summed E-state index contributed by atoms with van der Waals surface area (Å²) in [5.41, 5.74) is 5.98. The highest BCUT2D eigenvalue weighted by Gasteiger charge is 2.38. The molecule has 2 aliphatic rings. The summed E-state index contributed by atoms with van der Waals surface area (Å²) in [4.78, 5) is 12.1. The van der Waals surface area contributed by atoms with Crippen molar-refractivity contribution in [3.05, 3.63) is 0 Å². The molecule has 5 unspecified atom stereocenters. The van der Waals surface area contributed by atoms with E-state index in [2.05, 4.69) is 12.2 Å². The first-order chi connectivity index (χ1) is 8.63. The van der Waals surface area contributed by atoms with Gasteiger partial charge in [-0.15, -0.1) is 12.4 Å². The van der Waals surface area contributed by atoms with E-state index >= 15 is 0 Å². The minimum atomic E-state index is -0.377. The number of halogens is 1. The molecule has 5 heteroatoms. The van der Waals surface area contributed by atoms with Crippen molar-refractivity contribution in [1.29, 1.82) is 0 Å². The first kappa shape index (κ1) is 16.7. The second kappa shape index (κ2) is 7.46. The van der Waals surface area contributed by atoms with Gasteiger partial charge < -0.3 is 15.8 Å². The molecule has 0 bridgehead atoms. The lowest BCUT2D eigenvalue weighted by Crippen LogP contribution is -2.52. The maximum absolute atomic E-state index is 12.1. The molecule has 19 heavy (non-hydrogen) atoms. The van der Waals surface area contributed by atoms with E-state index in [1.165, 1.54) is 0 Å². The third-order valence-corrected chi connectivity index (χ3v) is 4.67. The SMILES string of the molecule is CCC(C)C(N)C(=O)NC1CCCC2OCCC12.Cl. The van der Waals surface area contributed by atoms with Gasteiger partial charge in [-0.3, -0.25) is 4.79 Å². The van der Waals surface area contributed by atoms with Gasteiger partial charge in [-0.1, -0.05) is 20.3 Å². The fourth-order valence-electron chi connectivity index (χ4n) is 3.15. The fraction of sp³-hybridized carbons (Fsp3) is 0.929. The summed E-state index contributed by atoms with van der Waals surface area (Å²) in [7, 11) is 0. The molecule has 1 heterocycles. The molecule has 2 fully saturated rings. The molecule has 4 nitrogen and oxygen atoms in total. The van der Waals surface area contributed by atoms with E-state index in [0.717, 1.165) is 38.7 Å². The smallest absolute Gasteiger partial charge is 0.237 e. The van der Waals surface area contributed by atoms with E-state index < -0.39 is 0 Å². The number of carbonyl (C=O) groups is 1. The molecule has 3 N–H and O–H groups in total. The average molecular weight is 291 g/mol. The van der Waals surface area contributed by atoms with Gasteiger partial charge in [0.15, 0.2) is 0 Å². The molecule has 0 radical (unpaired) electrons. The molecule has 2 rings (SSSR count). The van der Waals surface area contributed by atoms with E-state index in [1.54, 1.807) is 0 Å². The van der Waals surface area contributed by atoms with Crippen LogP contribution in [-0.2, 0) is 9.53 Å². The van der Waals surface area contributed by atoms with Crippen LogP contribution in [0.25, 0.3) is 0 Å². The van der Waals surface area contributed by atoms with Crippen LogP contribution < -0.4 is 11.1 Å². The van der Waals surface area contributed by atoms with Crippen LogP contribution in [0.3, 0.4) is 0 Å². The van der Waals surface area contributed by atoms with Crippen molar-refractivity contribution in [2.45, 2.75) is 64.1 Å². The van der Waals surface area contributed by atoms with E-state index in [-0.39, 0.29) is 36.3 Å². The van der Waals surface area contributed by atoms with Gasteiger partial charge in [0, 0.05) is 18.6 Å². The van der Waals surface area contributed by atoms with Gasteiger partial charge in [-0.2, -0.15) is 0 Å². The summed E-state index contributed by atoms with van der Waals surface area (Å²) in [5, 5.41) is 3.16. The Morgan fingerprint density at radius 2 is 2.16 bits per heavy atom. The van der Waals surface area contributed by atoms with E-state index in [0.29, 0.717) is 12.0 Å². The van der Waals surface area contributed by atoms with Crippen LogP contribution in [-0.4, -0.2) is 30.7 Å². The van der Waals surface area contributed by atoms with Gasteiger partial charge in [-0.05, 0) is 31.6 Å². The first-order valence-corrected chi connectivity index (χ1v) is 7.31. The van der Waals surface area contributed by atoms with Crippen LogP contribution in [0.5, 0.6) is 0 Å². The monoisotopic (exact) mass is 290 g/mol. The molecule has 0 spiro atoms. The number of fused-ring (bicyclic) bond motifs is 1. The van der Waals surface area contributed by atoms with Crippen LogP contribution in [0.1, 0.15) is 46.0 Å². The number of nitrogens with two attached hydrogens (primary N) is 1. The molecule has 0 aromatic heterocycles. The van der Waals surface area contributed by atoms with Gasteiger partial charge >= 0.3 is 0 Å². The highest BCUT2D eigenvalue weighted by molar-refractivity contribution is 5.85. The summed E-state index contributed by atoms with van der Waals surface area (Å²) in [6.45, 7) is 4.95. The van der Waals surface area contributed by atoms with E-state index in [4.69, 9.17) is 10.5 Å². The zero-order chi connectivity index (χ0) is 13.1. The van der Waals surface area contributed by atoms with Crippen molar-refractivity contribution in [2.75, 3.05) is 6.61 Å². The van der Waals surface area contributed by atoms with Gasteiger partial charge in [-0.25, -0.2) is 0 Å². The van der Waals surface area contributed by atoms with Crippen molar-refractivity contribution in [3.8, 4) is 0 Å². The van der Waals surface area contributed by atoms with Crippen LogP contribution in [0.15, 0.2) is 0 Å². The fourth-order valence-corrected chi connectivity index (χ4v) is 3.15. The molecule has 1 amide bonds. The molecule has 1 saturated heterocycles. The largest absolute Gasteiger partial charge is 0.378 e. The lowest BCUT2D eigenvalue weighted by molar-refractivity contribution is -0.125. The highest BCUT2D eigenvalue weighted by Crippen LogP contribution is 2.34. The predicted molar refractivity (Wildman–Crippen MR) is 78.3 cm³/mol. The number of hydrogen-bond donors (Lipinski definition) is 2. The summed E-state index contributed by atoms with van der Waals surface area (Å²) >= 11 is 0. The molecule has 112 valence electrons. The Balaban J connectivity index is 0.00000180. The number of nitrogens with one attached hydrogen (secondary N) is 1. The molecule has 0 aromatic carbocycles. The Kier molecular flexibility index (Phi) is 6.57. The van der Waals surface area contributed by atoms with Crippen LogP contribution in [0, 0.1) is 11.8 Å². The number of hydrogen-bond acceptors (Lipinski definition) is 3. The first-order valence-electron chi connectivity index (χ1n) is 7.31. The predicted octanol–water partition coefficient (Wildman–Crippen LogP) is 1.86. The summed E-state index contributed by atoms with van der Waals surface area (Å²) in [6.07, 6.45) is 5.74. The van der Waals surface area contributed by atoms with Crippen molar-refractivity contribution < 1.29 is 9.53 Å². The van der Waals surface area contributed by atoms with Crippen molar-refractivity contribution >= 4 is 18.3 Å². The number of carbonyl (C=O) groups excluding carboxylic acids is 1. The Morgan fingerprint density at radius 1 is 1.42 bits per heavy atom. The third kappa shape index (κ3) is 3.83. The molecule has 0 aromatic rings. The van der Waals surface area contributed by atoms with E-state index in [9.17, 15) is 4.79 Å². The summed E-state index contributed by atoms with van der Waals surface area (Å²) in [6, 6.07) is -0.105. The molecular weight excluding hydrogens is 264 g/mol. The lowest BCUT2D eigenvalue weighted by Gasteiger charge is -2.34. The average Bonchev–Trinajstić information content (AvgIpc) is 2.86. The van der Waals surface area contributed by atoms with Gasteiger partial charge in [0.1, 0.15) is 0 Å². The van der Waals surface area contributed by atoms with Gasteiger partial charge in [0.25, 0.3) is 0 Å². The Hall–Kier alpha value is -0.320. The van der Waals surface area contributed by atoms with Gasteiger partial charge in [0.2, 0.25) is 5.91 Å². The molecular formula is C14H27ClN2O2. The van der Waals surface area contributed by atoms with Crippen molar-refractivity contribution in [1.82, 2.24) is 5.32 Å². The number of amides is 1. The number of ether oxygens (including phenoxy) is 1. The Morgan fingerprint density at radius 3 is 2.84 bits per heavy atom. The van der Waals surface area contributed by atoms with Crippen LogP contribution >= 0.6 is 12.4 Å². The molecule has 1 aliphatic heterocycles. The topological polar surface area (TPSA) is 64.4 Å². The quantitative estimate of drug-likeness (QED) is 0.830. The third-order valence-electron chi connectivity index (χ3n) is 4.67. The van der Waals surface area contributed by atoms with Crippen LogP contribution in [0.2, 0.25) is 0 Å². The zero-order valence-corrected chi connectivity index (χ0v) is 12.7. The summed E-state index contributed by atoms with van der Waals surface area (Å²) in [5.74, 6) is 0.762. The minimum absolute atomic E-state index is 0. The molecule has 1 saturated carbocycles. The second-order valence-corrected chi connectivity index (χ2v) is 5.82. The summed E-state index contributed by atoms with van der Waals surface area (Å²) < 4.78 is 5.72. The standard InChI is InChI=1S/C14H26N2O2.ClH/c1-3-9(2)13(15)14(17)16-11-5-4-6-12-10(11)7-8-18-12;/h9-13H,3-8,15H2,1-2H3,(H,16,17);1H. The van der Waals surface area contributed by atoms with Crippen LogP contribution in [0.4, 0.5) is 0 Å². The van der Waals surface area contributed by atoms with Crippen molar-refractivity contribution in [2.24, 2.45) is 17.6 Å². The number of rotatable bonds is 4. The zero-order valence-electron chi connectivity index (χ0n) is 11.9. The highest BCUT2D eigenvalue weighted by atomic mass is 35.5. The van der Waals surface area contributed by atoms with Crippen molar-refractivity contribution in [3.63, 3.8) is 0 Å². The minimum Gasteiger partial charge on any atom is -0.378 e. The molecule has 5 atom stereocenters. The second-order valence-electron chi connectivity index (χ2n) is 5.82. The Bertz CT molecular complexity index is 301. The molecule has 1 aliphatic carbocycles. The van der Waals surface area contributed by atoms with E-state index in [1.807, 2.05) is 6.92 Å². The van der Waals surface area contributed by atoms with Gasteiger partial charge in [0.05, 0.1) is 12.1 Å². The Labute approximate surface area is 122 Å².